The van der Waals surface area contributed by atoms with Crippen LogP contribution in [0.25, 0.3) is 0 Å². The third kappa shape index (κ3) is 2.08. The Hall–Kier alpha value is -0.820. The number of carbonyl (C=O) groups excluding carboxylic acids is 1. The molecule has 1 aliphatic rings. The number of hydrogen-bond acceptors (Lipinski definition) is 3. The van der Waals surface area contributed by atoms with Crippen LogP contribution in [0.4, 0.5) is 0 Å². The molecule has 66 valence electrons. The quantitative estimate of drug-likeness (QED) is 0.571. The fourth-order valence-electron chi connectivity index (χ4n) is 1.29. The monoisotopic (exact) mass is 186 g/mol. The average molecular weight is 186 g/mol. The first-order valence-electron chi connectivity index (χ1n) is 3.72. The van der Waals surface area contributed by atoms with Crippen molar-refractivity contribution in [1.29, 1.82) is 0 Å². The molecule has 0 N–H and O–H groups in total. The van der Waals surface area contributed by atoms with Crippen LogP contribution in [0.2, 0.25) is 0 Å². The fourth-order valence-corrected chi connectivity index (χ4v) is 3.07. The molecule has 0 aromatic heterocycles. The van der Waals surface area contributed by atoms with Crippen LogP contribution < -0.4 is 0 Å². The molecule has 0 aliphatic carbocycles. The van der Waals surface area contributed by atoms with Gasteiger partial charge in [0.15, 0.2) is 9.84 Å². The van der Waals surface area contributed by atoms with Gasteiger partial charge in [-0.1, -0.05) is 5.92 Å². The first kappa shape index (κ1) is 9.27. The van der Waals surface area contributed by atoms with Crippen molar-refractivity contribution in [3.63, 3.8) is 0 Å². The van der Waals surface area contributed by atoms with E-state index in [1.807, 2.05) is 0 Å². The van der Waals surface area contributed by atoms with E-state index in [2.05, 4.69) is 5.92 Å². The van der Waals surface area contributed by atoms with E-state index in [0.29, 0.717) is 6.42 Å². The van der Waals surface area contributed by atoms with E-state index >= 15 is 0 Å². The van der Waals surface area contributed by atoms with Crippen molar-refractivity contribution in [3.8, 4) is 12.3 Å². The Morgan fingerprint density at radius 1 is 1.58 bits per heavy atom. The number of hydrogen-bond donors (Lipinski definition) is 0. The maximum absolute atomic E-state index is 11.1. The lowest BCUT2D eigenvalue weighted by Crippen LogP contribution is -2.14. The van der Waals surface area contributed by atoms with Crippen molar-refractivity contribution in [2.45, 2.75) is 12.8 Å². The number of sulfone groups is 1. The molecule has 1 saturated heterocycles. The number of rotatable bonds is 2. The van der Waals surface area contributed by atoms with Gasteiger partial charge in [-0.05, 0) is 6.42 Å². The second kappa shape index (κ2) is 3.28. The number of terminal acetylenes is 1. The highest BCUT2D eigenvalue weighted by molar-refractivity contribution is 7.91. The second-order valence-electron chi connectivity index (χ2n) is 2.95. The van der Waals surface area contributed by atoms with Crippen molar-refractivity contribution in [2.24, 2.45) is 5.92 Å². The molecule has 0 aromatic rings. The summed E-state index contributed by atoms with van der Waals surface area (Å²) in [5.74, 6) is 1.90. The molecule has 1 rings (SSSR count). The molecule has 0 radical (unpaired) electrons. The van der Waals surface area contributed by atoms with Crippen molar-refractivity contribution in [3.05, 3.63) is 0 Å². The van der Waals surface area contributed by atoms with E-state index in [4.69, 9.17) is 6.42 Å². The zero-order valence-corrected chi connectivity index (χ0v) is 7.43. The molecule has 0 aromatic carbocycles. The van der Waals surface area contributed by atoms with Crippen LogP contribution in [-0.2, 0) is 14.6 Å². The Bertz CT molecular complexity index is 321. The van der Waals surface area contributed by atoms with Crippen molar-refractivity contribution in [1.82, 2.24) is 0 Å². The van der Waals surface area contributed by atoms with E-state index in [1.165, 1.54) is 0 Å². The van der Waals surface area contributed by atoms with Gasteiger partial charge in [0, 0.05) is 5.92 Å². The SMILES string of the molecule is C#CCC(=O)C1CCS(=O)(=O)C1. The van der Waals surface area contributed by atoms with Crippen LogP contribution >= 0.6 is 0 Å². The molecule has 0 bridgehead atoms. The van der Waals surface area contributed by atoms with Gasteiger partial charge in [-0.2, -0.15) is 0 Å². The molecule has 0 spiro atoms. The van der Waals surface area contributed by atoms with Crippen LogP contribution in [0.5, 0.6) is 0 Å². The molecular formula is C8H10O3S. The summed E-state index contributed by atoms with van der Waals surface area (Å²) in [6, 6.07) is 0. The molecule has 0 amide bonds. The molecule has 4 heteroatoms. The maximum Gasteiger partial charge on any atom is 0.151 e. The Labute approximate surface area is 72.1 Å². The molecule has 1 heterocycles. The summed E-state index contributed by atoms with van der Waals surface area (Å²) < 4.78 is 21.9. The first-order chi connectivity index (χ1) is 5.55. The molecule has 1 fully saturated rings. The highest BCUT2D eigenvalue weighted by Gasteiger charge is 2.31. The van der Waals surface area contributed by atoms with Crippen molar-refractivity contribution in [2.75, 3.05) is 11.5 Å². The van der Waals surface area contributed by atoms with E-state index in [9.17, 15) is 13.2 Å². The van der Waals surface area contributed by atoms with Gasteiger partial charge in [-0.25, -0.2) is 8.42 Å². The summed E-state index contributed by atoms with van der Waals surface area (Å²) in [7, 11) is -2.95. The molecular weight excluding hydrogens is 176 g/mol. The van der Waals surface area contributed by atoms with Gasteiger partial charge in [0.25, 0.3) is 0 Å². The summed E-state index contributed by atoms with van der Waals surface area (Å²) >= 11 is 0. The van der Waals surface area contributed by atoms with E-state index < -0.39 is 9.84 Å². The van der Waals surface area contributed by atoms with Gasteiger partial charge in [0.2, 0.25) is 0 Å². The van der Waals surface area contributed by atoms with Gasteiger partial charge in [0.1, 0.15) is 5.78 Å². The summed E-state index contributed by atoms with van der Waals surface area (Å²) in [6.07, 6.45) is 5.45. The highest BCUT2D eigenvalue weighted by Crippen LogP contribution is 2.19. The Morgan fingerprint density at radius 3 is 2.67 bits per heavy atom. The second-order valence-corrected chi connectivity index (χ2v) is 5.18. The Morgan fingerprint density at radius 2 is 2.25 bits per heavy atom. The van der Waals surface area contributed by atoms with E-state index in [1.54, 1.807) is 0 Å². The first-order valence-corrected chi connectivity index (χ1v) is 5.54. The molecule has 12 heavy (non-hydrogen) atoms. The van der Waals surface area contributed by atoms with Crippen molar-refractivity contribution < 1.29 is 13.2 Å². The Balaban J connectivity index is 2.60. The number of carbonyl (C=O) groups is 1. The third-order valence-corrected chi connectivity index (χ3v) is 3.73. The standard InChI is InChI=1S/C8H10O3S/c1-2-3-8(9)7-4-5-12(10,11)6-7/h1,7H,3-6H2. The fraction of sp³-hybridized carbons (Fsp3) is 0.625. The molecule has 0 saturated carbocycles. The number of Topliss-reactive ketones (excluding diaryl/α,β-unsaturated/α-hetero) is 1. The lowest BCUT2D eigenvalue weighted by atomic mass is 10.0. The molecule has 1 unspecified atom stereocenters. The van der Waals surface area contributed by atoms with Crippen molar-refractivity contribution >= 4 is 15.6 Å². The molecule has 3 nitrogen and oxygen atoms in total. The third-order valence-electron chi connectivity index (χ3n) is 1.96. The summed E-state index contributed by atoms with van der Waals surface area (Å²) in [5.41, 5.74) is 0. The van der Waals surface area contributed by atoms with Gasteiger partial charge >= 0.3 is 0 Å². The lowest BCUT2D eigenvalue weighted by Gasteiger charge is -2.01. The zero-order chi connectivity index (χ0) is 9.19. The average Bonchev–Trinajstić information content (AvgIpc) is 2.31. The summed E-state index contributed by atoms with van der Waals surface area (Å²) in [5, 5.41) is 0. The van der Waals surface area contributed by atoms with E-state index in [-0.39, 0.29) is 29.6 Å². The molecule has 1 atom stereocenters. The summed E-state index contributed by atoms with van der Waals surface area (Å²) in [6.45, 7) is 0. The van der Waals surface area contributed by atoms with Crippen LogP contribution in [0, 0.1) is 18.3 Å². The topological polar surface area (TPSA) is 51.2 Å². The molecule has 1 aliphatic heterocycles. The van der Waals surface area contributed by atoms with Crippen LogP contribution in [0.3, 0.4) is 0 Å². The van der Waals surface area contributed by atoms with Crippen LogP contribution in [-0.4, -0.2) is 25.7 Å². The minimum atomic E-state index is -2.95. The van der Waals surface area contributed by atoms with Crippen LogP contribution in [0.1, 0.15) is 12.8 Å². The Kier molecular flexibility index (Phi) is 2.53. The predicted molar refractivity (Wildman–Crippen MR) is 45.2 cm³/mol. The minimum absolute atomic E-state index is 0.00644. The minimum Gasteiger partial charge on any atom is -0.298 e. The van der Waals surface area contributed by atoms with Gasteiger partial charge < -0.3 is 0 Å². The lowest BCUT2D eigenvalue weighted by molar-refractivity contribution is -0.121. The zero-order valence-electron chi connectivity index (χ0n) is 6.62. The van der Waals surface area contributed by atoms with Gasteiger partial charge in [-0.3, -0.25) is 4.79 Å². The van der Waals surface area contributed by atoms with E-state index in [0.717, 1.165) is 0 Å². The normalized spacial score (nSPS) is 26.4. The van der Waals surface area contributed by atoms with Gasteiger partial charge in [0.05, 0.1) is 17.9 Å². The van der Waals surface area contributed by atoms with Gasteiger partial charge in [-0.15, -0.1) is 6.42 Å². The highest BCUT2D eigenvalue weighted by atomic mass is 32.2. The smallest absolute Gasteiger partial charge is 0.151 e. The predicted octanol–water partition coefficient (Wildman–Crippen LogP) is 0.0135. The maximum atomic E-state index is 11.1. The largest absolute Gasteiger partial charge is 0.298 e. The number of ketones is 1. The van der Waals surface area contributed by atoms with Crippen LogP contribution in [0.15, 0.2) is 0 Å². The summed E-state index contributed by atoms with van der Waals surface area (Å²) in [4.78, 5) is 11.1.